The average Bonchev–Trinajstić information content (AvgIpc) is 2.89. The van der Waals surface area contributed by atoms with E-state index >= 15 is 0 Å². The maximum Gasteiger partial charge on any atom is 0.244 e. The van der Waals surface area contributed by atoms with Gasteiger partial charge in [-0.15, -0.1) is 0 Å². The molecular weight excluding hydrogens is 502 g/mol. The van der Waals surface area contributed by atoms with E-state index in [4.69, 9.17) is 4.74 Å². The lowest BCUT2D eigenvalue weighted by Gasteiger charge is -2.34. The standard InChI is InChI=1S/C29H41N3O5S/c1-5-25(29(34)30-24-12-8-7-9-13-24)31(20-23-18-16-22(3)17-19-23)28(33)21-32(38(4,35)36)26-14-10-11-15-27(26)37-6-2/h10-11,14-19,24-25H,5-9,12-13,20-21H2,1-4H3,(H,30,34). The molecular formula is C29H41N3O5S. The number of benzene rings is 2. The number of ether oxygens (including phenoxy) is 1. The Hall–Kier alpha value is -3.07. The first-order valence-corrected chi connectivity index (χ1v) is 15.3. The van der Waals surface area contributed by atoms with Crippen molar-refractivity contribution in [3.63, 3.8) is 0 Å². The fraction of sp³-hybridized carbons (Fsp3) is 0.517. The Labute approximate surface area is 227 Å². The van der Waals surface area contributed by atoms with E-state index in [9.17, 15) is 18.0 Å². The van der Waals surface area contributed by atoms with E-state index in [0.29, 0.717) is 24.5 Å². The van der Waals surface area contributed by atoms with Crippen LogP contribution in [0, 0.1) is 6.92 Å². The molecule has 0 aliphatic heterocycles. The summed E-state index contributed by atoms with van der Waals surface area (Å²) in [4.78, 5) is 28.9. The van der Waals surface area contributed by atoms with E-state index in [2.05, 4.69) is 5.32 Å². The van der Waals surface area contributed by atoms with Crippen LogP contribution in [0.15, 0.2) is 48.5 Å². The largest absolute Gasteiger partial charge is 0.492 e. The molecule has 1 aliphatic carbocycles. The van der Waals surface area contributed by atoms with Crippen molar-refractivity contribution in [2.45, 2.75) is 77.9 Å². The molecule has 1 atom stereocenters. The molecule has 3 rings (SSSR count). The molecule has 1 fully saturated rings. The van der Waals surface area contributed by atoms with Gasteiger partial charge in [0.1, 0.15) is 18.3 Å². The maximum atomic E-state index is 13.9. The Morgan fingerprint density at radius 2 is 1.68 bits per heavy atom. The molecule has 1 aliphatic rings. The van der Waals surface area contributed by atoms with Crippen molar-refractivity contribution in [1.82, 2.24) is 10.2 Å². The molecule has 1 unspecified atom stereocenters. The van der Waals surface area contributed by atoms with Crippen molar-refractivity contribution in [1.29, 1.82) is 0 Å². The van der Waals surface area contributed by atoms with E-state index in [1.165, 1.54) is 11.3 Å². The number of hydrogen-bond acceptors (Lipinski definition) is 5. The average molecular weight is 544 g/mol. The summed E-state index contributed by atoms with van der Waals surface area (Å²) < 4.78 is 32.5. The molecule has 2 aromatic carbocycles. The van der Waals surface area contributed by atoms with Gasteiger partial charge in [0.25, 0.3) is 0 Å². The number of sulfonamides is 1. The third-order valence-corrected chi connectivity index (χ3v) is 8.05. The summed E-state index contributed by atoms with van der Waals surface area (Å²) in [6, 6.07) is 13.9. The molecule has 1 saturated carbocycles. The summed E-state index contributed by atoms with van der Waals surface area (Å²) in [5.41, 5.74) is 2.25. The highest BCUT2D eigenvalue weighted by Gasteiger charge is 2.33. The van der Waals surface area contributed by atoms with Gasteiger partial charge in [-0.3, -0.25) is 13.9 Å². The molecule has 0 heterocycles. The second-order valence-electron chi connectivity index (χ2n) is 9.95. The van der Waals surface area contributed by atoms with Gasteiger partial charge in [-0.25, -0.2) is 8.42 Å². The highest BCUT2D eigenvalue weighted by Crippen LogP contribution is 2.30. The van der Waals surface area contributed by atoms with Gasteiger partial charge in [-0.05, 0) is 50.8 Å². The van der Waals surface area contributed by atoms with Crippen LogP contribution < -0.4 is 14.4 Å². The van der Waals surface area contributed by atoms with Gasteiger partial charge < -0.3 is 15.0 Å². The van der Waals surface area contributed by atoms with Crippen molar-refractivity contribution in [2.75, 3.05) is 23.7 Å². The number of rotatable bonds is 12. The Balaban J connectivity index is 1.93. The van der Waals surface area contributed by atoms with Crippen molar-refractivity contribution < 1.29 is 22.7 Å². The lowest BCUT2D eigenvalue weighted by atomic mass is 9.95. The summed E-state index contributed by atoms with van der Waals surface area (Å²) in [6.07, 6.45) is 6.68. The smallest absolute Gasteiger partial charge is 0.244 e. The number of hydrogen-bond donors (Lipinski definition) is 1. The van der Waals surface area contributed by atoms with Gasteiger partial charge >= 0.3 is 0 Å². The number of aryl methyl sites for hydroxylation is 1. The molecule has 38 heavy (non-hydrogen) atoms. The van der Waals surface area contributed by atoms with Crippen molar-refractivity contribution >= 4 is 27.5 Å². The second kappa shape index (κ2) is 13.6. The van der Waals surface area contributed by atoms with Crippen LogP contribution in [0.2, 0.25) is 0 Å². The van der Waals surface area contributed by atoms with E-state index in [1.807, 2.05) is 45.0 Å². The zero-order valence-electron chi connectivity index (χ0n) is 23.0. The lowest BCUT2D eigenvalue weighted by molar-refractivity contribution is -0.140. The van der Waals surface area contributed by atoms with E-state index in [0.717, 1.165) is 47.4 Å². The van der Waals surface area contributed by atoms with Crippen LogP contribution in [-0.2, 0) is 26.2 Å². The van der Waals surface area contributed by atoms with Crippen LogP contribution in [-0.4, -0.2) is 56.6 Å². The van der Waals surface area contributed by atoms with Gasteiger partial charge in [0.15, 0.2) is 0 Å². The van der Waals surface area contributed by atoms with Crippen molar-refractivity contribution in [3.05, 3.63) is 59.7 Å². The summed E-state index contributed by atoms with van der Waals surface area (Å²) in [6.45, 7) is 5.77. The first-order valence-electron chi connectivity index (χ1n) is 13.5. The molecule has 0 aromatic heterocycles. The number of nitrogens with zero attached hydrogens (tertiary/aromatic N) is 2. The molecule has 0 bridgehead atoms. The Kier molecular flexibility index (Phi) is 10.6. The van der Waals surface area contributed by atoms with Crippen LogP contribution >= 0.6 is 0 Å². The van der Waals surface area contributed by atoms with E-state index < -0.39 is 28.5 Å². The molecule has 1 N–H and O–H groups in total. The number of para-hydroxylation sites is 2. The molecule has 0 radical (unpaired) electrons. The number of nitrogens with one attached hydrogen (secondary N) is 1. The van der Waals surface area contributed by atoms with E-state index in [-0.39, 0.29) is 18.5 Å². The number of amides is 2. The quantitative estimate of drug-likeness (QED) is 0.428. The number of carbonyl (C=O) groups excluding carboxylic acids is 2. The second-order valence-corrected chi connectivity index (χ2v) is 11.9. The van der Waals surface area contributed by atoms with Crippen LogP contribution in [0.3, 0.4) is 0 Å². The fourth-order valence-corrected chi connectivity index (χ4v) is 5.74. The van der Waals surface area contributed by atoms with Crippen LogP contribution in [0.5, 0.6) is 5.75 Å². The zero-order valence-corrected chi connectivity index (χ0v) is 23.8. The molecule has 2 amide bonds. The monoisotopic (exact) mass is 543 g/mol. The predicted molar refractivity (Wildman–Crippen MR) is 151 cm³/mol. The minimum atomic E-state index is -3.84. The summed E-state index contributed by atoms with van der Waals surface area (Å²) in [5, 5.41) is 3.16. The summed E-state index contributed by atoms with van der Waals surface area (Å²) >= 11 is 0. The molecule has 208 valence electrons. The van der Waals surface area contributed by atoms with Crippen LogP contribution in [0.4, 0.5) is 5.69 Å². The lowest BCUT2D eigenvalue weighted by Crippen LogP contribution is -2.54. The van der Waals surface area contributed by atoms with Gasteiger partial charge in [0.05, 0.1) is 18.6 Å². The predicted octanol–water partition coefficient (Wildman–Crippen LogP) is 4.42. The number of anilines is 1. The van der Waals surface area contributed by atoms with Gasteiger partial charge in [-0.1, -0.05) is 68.1 Å². The number of carbonyl (C=O) groups is 2. The fourth-order valence-electron chi connectivity index (χ4n) is 4.89. The first kappa shape index (κ1) is 29.5. The SMILES string of the molecule is CCOc1ccccc1N(CC(=O)N(Cc1ccc(C)cc1)C(CC)C(=O)NC1CCCCC1)S(C)(=O)=O. The van der Waals surface area contributed by atoms with E-state index in [1.54, 1.807) is 24.3 Å². The van der Waals surface area contributed by atoms with Crippen LogP contribution in [0.1, 0.15) is 63.5 Å². The third-order valence-electron chi connectivity index (χ3n) is 6.92. The molecule has 0 spiro atoms. The Morgan fingerprint density at radius 1 is 1.03 bits per heavy atom. The Bertz CT molecular complexity index is 1180. The van der Waals surface area contributed by atoms with Crippen molar-refractivity contribution in [2.24, 2.45) is 0 Å². The molecule has 8 nitrogen and oxygen atoms in total. The molecule has 2 aromatic rings. The maximum absolute atomic E-state index is 13.9. The highest BCUT2D eigenvalue weighted by atomic mass is 32.2. The highest BCUT2D eigenvalue weighted by molar-refractivity contribution is 7.92. The normalized spacial score (nSPS) is 14.9. The van der Waals surface area contributed by atoms with Crippen molar-refractivity contribution in [3.8, 4) is 5.75 Å². The molecule has 9 heteroatoms. The van der Waals surface area contributed by atoms with Gasteiger partial charge in [0.2, 0.25) is 21.8 Å². The Morgan fingerprint density at radius 3 is 2.29 bits per heavy atom. The zero-order chi connectivity index (χ0) is 27.7. The van der Waals surface area contributed by atoms with Crippen LogP contribution in [0.25, 0.3) is 0 Å². The third kappa shape index (κ3) is 7.96. The minimum Gasteiger partial charge on any atom is -0.492 e. The summed E-state index contributed by atoms with van der Waals surface area (Å²) in [7, 11) is -3.84. The van der Waals surface area contributed by atoms with Gasteiger partial charge in [-0.2, -0.15) is 0 Å². The molecule has 0 saturated heterocycles. The minimum absolute atomic E-state index is 0.104. The topological polar surface area (TPSA) is 96.0 Å². The summed E-state index contributed by atoms with van der Waals surface area (Å²) in [5.74, 6) is -0.270. The first-order chi connectivity index (χ1) is 18.1. The van der Waals surface area contributed by atoms with Gasteiger partial charge in [0, 0.05) is 12.6 Å².